The molecule has 126 valence electrons. The van der Waals surface area contributed by atoms with E-state index in [4.69, 9.17) is 0 Å². The Kier molecular flexibility index (Phi) is 5.96. The van der Waals surface area contributed by atoms with Gasteiger partial charge in [0.25, 0.3) is 10.2 Å². The fourth-order valence-corrected chi connectivity index (χ4v) is 3.46. The number of sulfonamides is 1. The van der Waals surface area contributed by atoms with Crippen molar-refractivity contribution < 1.29 is 16.8 Å². The van der Waals surface area contributed by atoms with Crippen LogP contribution in [0.4, 0.5) is 5.69 Å². The zero-order valence-corrected chi connectivity index (χ0v) is 15.1. The Morgan fingerprint density at radius 1 is 1.09 bits per heavy atom. The lowest BCUT2D eigenvalue weighted by atomic mass is 10.1. The van der Waals surface area contributed by atoms with Crippen molar-refractivity contribution in [3.63, 3.8) is 0 Å². The summed E-state index contributed by atoms with van der Waals surface area (Å²) in [6.45, 7) is 3.75. The summed E-state index contributed by atoms with van der Waals surface area (Å²) in [7, 11) is -4.28. The summed E-state index contributed by atoms with van der Waals surface area (Å²) in [6, 6.07) is 5.39. The molecular formula is C13H23N3O4S2. The molecule has 0 saturated heterocycles. The first kappa shape index (κ1) is 18.9. The maximum atomic E-state index is 12.0. The Morgan fingerprint density at radius 3 is 2.18 bits per heavy atom. The second-order valence-electron chi connectivity index (χ2n) is 5.24. The predicted molar refractivity (Wildman–Crippen MR) is 88.7 cm³/mol. The van der Waals surface area contributed by atoms with Crippen LogP contribution in [0.25, 0.3) is 0 Å². The minimum atomic E-state index is -3.58. The molecule has 0 aliphatic heterocycles. The van der Waals surface area contributed by atoms with E-state index in [1.54, 1.807) is 12.1 Å². The SMILES string of the molecule is Cc1cccc(N(CCNS(=O)(=O)N(C)C)S(C)(=O)=O)c1C. The highest BCUT2D eigenvalue weighted by Gasteiger charge is 2.21. The fourth-order valence-electron chi connectivity index (χ4n) is 1.88. The van der Waals surface area contributed by atoms with E-state index in [1.807, 2.05) is 19.9 Å². The number of rotatable bonds is 7. The second-order valence-corrected chi connectivity index (χ2v) is 9.11. The van der Waals surface area contributed by atoms with Crippen LogP contribution in [0.3, 0.4) is 0 Å². The minimum absolute atomic E-state index is 0.0129. The van der Waals surface area contributed by atoms with E-state index in [0.29, 0.717) is 5.69 Å². The van der Waals surface area contributed by atoms with Crippen molar-refractivity contribution in [1.29, 1.82) is 0 Å². The van der Waals surface area contributed by atoms with Crippen molar-refractivity contribution >= 4 is 25.9 Å². The van der Waals surface area contributed by atoms with Crippen LogP contribution in [0.5, 0.6) is 0 Å². The van der Waals surface area contributed by atoms with Gasteiger partial charge in [-0.1, -0.05) is 12.1 Å². The first-order valence-corrected chi connectivity index (χ1v) is 9.96. The third kappa shape index (κ3) is 4.67. The molecule has 0 heterocycles. The van der Waals surface area contributed by atoms with Crippen LogP contribution < -0.4 is 9.03 Å². The molecule has 7 nitrogen and oxygen atoms in total. The van der Waals surface area contributed by atoms with E-state index in [9.17, 15) is 16.8 Å². The van der Waals surface area contributed by atoms with Crippen LogP contribution in [0.15, 0.2) is 18.2 Å². The lowest BCUT2D eigenvalue weighted by Crippen LogP contribution is -2.42. The molecule has 0 spiro atoms. The van der Waals surface area contributed by atoms with Crippen molar-refractivity contribution in [2.75, 3.05) is 37.7 Å². The van der Waals surface area contributed by atoms with E-state index in [2.05, 4.69) is 4.72 Å². The molecule has 22 heavy (non-hydrogen) atoms. The van der Waals surface area contributed by atoms with Crippen LogP contribution in [0.1, 0.15) is 11.1 Å². The van der Waals surface area contributed by atoms with Gasteiger partial charge in [0.05, 0.1) is 11.9 Å². The lowest BCUT2D eigenvalue weighted by Gasteiger charge is -2.25. The summed E-state index contributed by atoms with van der Waals surface area (Å²) in [5.41, 5.74) is 2.38. The van der Waals surface area contributed by atoms with E-state index in [1.165, 1.54) is 18.4 Å². The van der Waals surface area contributed by atoms with E-state index < -0.39 is 20.2 Å². The average molecular weight is 349 g/mol. The van der Waals surface area contributed by atoms with Crippen molar-refractivity contribution in [2.24, 2.45) is 0 Å². The first-order chi connectivity index (χ1) is 9.97. The smallest absolute Gasteiger partial charge is 0.269 e. The summed E-state index contributed by atoms with van der Waals surface area (Å²) >= 11 is 0. The Labute approximate surface area is 133 Å². The highest BCUT2D eigenvalue weighted by atomic mass is 32.2. The topological polar surface area (TPSA) is 86.8 Å². The summed E-state index contributed by atoms with van der Waals surface area (Å²) < 4.78 is 52.0. The van der Waals surface area contributed by atoms with Crippen LogP contribution in [-0.2, 0) is 20.2 Å². The average Bonchev–Trinajstić information content (AvgIpc) is 2.37. The Bertz CT molecular complexity index is 728. The normalized spacial score (nSPS) is 12.6. The molecule has 0 bridgehead atoms. The summed E-state index contributed by atoms with van der Waals surface area (Å²) in [6.07, 6.45) is 1.11. The monoisotopic (exact) mass is 349 g/mol. The molecule has 9 heteroatoms. The summed E-state index contributed by atoms with van der Waals surface area (Å²) in [5, 5.41) is 0. The van der Waals surface area contributed by atoms with Gasteiger partial charge < -0.3 is 0 Å². The molecule has 0 amide bonds. The largest absolute Gasteiger partial charge is 0.278 e. The molecule has 1 aromatic carbocycles. The maximum Gasteiger partial charge on any atom is 0.278 e. The molecule has 0 unspecified atom stereocenters. The fraction of sp³-hybridized carbons (Fsp3) is 0.538. The van der Waals surface area contributed by atoms with Crippen LogP contribution in [-0.4, -0.2) is 54.6 Å². The molecule has 0 fully saturated rings. The quantitative estimate of drug-likeness (QED) is 0.775. The Morgan fingerprint density at radius 2 is 1.68 bits per heavy atom. The zero-order chi connectivity index (χ0) is 17.1. The standard InChI is InChI=1S/C13H23N3O4S2/c1-11-7-6-8-13(12(11)2)16(21(5,17)18)10-9-14-22(19,20)15(3)4/h6-8,14H,9-10H2,1-5H3. The zero-order valence-electron chi connectivity index (χ0n) is 13.5. The van der Waals surface area contributed by atoms with Gasteiger partial charge in [0, 0.05) is 27.2 Å². The van der Waals surface area contributed by atoms with E-state index >= 15 is 0 Å². The van der Waals surface area contributed by atoms with Crippen LogP contribution in [0.2, 0.25) is 0 Å². The van der Waals surface area contributed by atoms with Crippen molar-refractivity contribution in [1.82, 2.24) is 9.03 Å². The highest BCUT2D eigenvalue weighted by Crippen LogP contribution is 2.24. The molecule has 0 radical (unpaired) electrons. The van der Waals surface area contributed by atoms with Crippen LogP contribution >= 0.6 is 0 Å². The Hall–Kier alpha value is -1.16. The summed E-state index contributed by atoms with van der Waals surface area (Å²) in [5.74, 6) is 0. The number of hydrogen-bond donors (Lipinski definition) is 1. The van der Waals surface area contributed by atoms with Crippen LogP contribution in [0, 0.1) is 13.8 Å². The first-order valence-electron chi connectivity index (χ1n) is 6.68. The molecule has 0 aliphatic carbocycles. The molecule has 0 aromatic heterocycles. The molecule has 0 atom stereocenters. The molecule has 0 saturated carbocycles. The third-order valence-corrected chi connectivity index (χ3v) is 6.04. The van der Waals surface area contributed by atoms with E-state index in [0.717, 1.165) is 21.7 Å². The molecule has 0 aliphatic rings. The number of benzene rings is 1. The Balaban J connectivity index is 3.00. The van der Waals surface area contributed by atoms with Gasteiger partial charge in [0.15, 0.2) is 0 Å². The molecule has 1 rings (SSSR count). The lowest BCUT2D eigenvalue weighted by molar-refractivity contribution is 0.506. The molecule has 1 aromatic rings. The second kappa shape index (κ2) is 6.95. The van der Waals surface area contributed by atoms with Gasteiger partial charge >= 0.3 is 0 Å². The molecular weight excluding hydrogens is 326 g/mol. The van der Waals surface area contributed by atoms with Gasteiger partial charge in [-0.15, -0.1) is 0 Å². The number of aryl methyl sites for hydroxylation is 1. The van der Waals surface area contributed by atoms with Crippen molar-refractivity contribution in [3.8, 4) is 0 Å². The predicted octanol–water partition coefficient (Wildman–Crippen LogP) is 0.465. The number of nitrogens with zero attached hydrogens (tertiary/aromatic N) is 2. The van der Waals surface area contributed by atoms with Crippen molar-refractivity contribution in [3.05, 3.63) is 29.3 Å². The van der Waals surface area contributed by atoms with Gasteiger partial charge in [0.2, 0.25) is 10.0 Å². The molecule has 1 N–H and O–H groups in total. The van der Waals surface area contributed by atoms with Gasteiger partial charge in [-0.05, 0) is 31.0 Å². The van der Waals surface area contributed by atoms with Gasteiger partial charge in [-0.25, -0.2) is 13.1 Å². The van der Waals surface area contributed by atoms with Gasteiger partial charge in [0.1, 0.15) is 0 Å². The third-order valence-electron chi connectivity index (χ3n) is 3.33. The van der Waals surface area contributed by atoms with Gasteiger partial charge in [-0.3, -0.25) is 4.31 Å². The maximum absolute atomic E-state index is 12.0. The highest BCUT2D eigenvalue weighted by molar-refractivity contribution is 7.92. The number of hydrogen-bond acceptors (Lipinski definition) is 4. The minimum Gasteiger partial charge on any atom is -0.269 e. The number of anilines is 1. The number of nitrogens with one attached hydrogen (secondary N) is 1. The van der Waals surface area contributed by atoms with E-state index in [-0.39, 0.29) is 13.1 Å². The van der Waals surface area contributed by atoms with Crippen molar-refractivity contribution in [2.45, 2.75) is 13.8 Å². The van der Waals surface area contributed by atoms with Gasteiger partial charge in [-0.2, -0.15) is 12.7 Å². The summed E-state index contributed by atoms with van der Waals surface area (Å²) in [4.78, 5) is 0.